The van der Waals surface area contributed by atoms with Crippen LogP contribution in [0.3, 0.4) is 0 Å². The van der Waals surface area contributed by atoms with Gasteiger partial charge < -0.3 is 15.8 Å². The van der Waals surface area contributed by atoms with Gasteiger partial charge in [-0.3, -0.25) is 9.52 Å². The molecule has 0 radical (unpaired) electrons. The molecule has 0 saturated carbocycles. The van der Waals surface area contributed by atoms with Crippen LogP contribution in [-0.4, -0.2) is 33.5 Å². The Hall–Kier alpha value is -2.29. The van der Waals surface area contributed by atoms with E-state index in [0.717, 1.165) is 0 Å². The van der Waals surface area contributed by atoms with Crippen molar-refractivity contribution in [3.05, 3.63) is 53.6 Å². The molecule has 2 rings (SSSR count). The summed E-state index contributed by atoms with van der Waals surface area (Å²) in [5, 5.41) is 2.73. The number of halogens is 1. The Labute approximate surface area is 172 Å². The normalized spacial score (nSPS) is 11.3. The number of carbonyl (C=O) groups excluding carboxylic acids is 1. The Morgan fingerprint density at radius 2 is 1.82 bits per heavy atom. The van der Waals surface area contributed by atoms with Crippen LogP contribution in [0.25, 0.3) is 0 Å². The van der Waals surface area contributed by atoms with E-state index in [1.54, 1.807) is 51.1 Å². The third-order valence-corrected chi connectivity index (χ3v) is 5.18. The molecular formula is C19H26ClN3O4S. The zero-order valence-corrected chi connectivity index (χ0v) is 17.9. The molecule has 2 aromatic rings. The first kappa shape index (κ1) is 23.7. The Kier molecular flexibility index (Phi) is 7.86. The van der Waals surface area contributed by atoms with Crippen LogP contribution in [0.15, 0.2) is 47.4 Å². The number of amides is 1. The van der Waals surface area contributed by atoms with Gasteiger partial charge in [0, 0.05) is 17.6 Å². The Bertz CT molecular complexity index is 940. The minimum Gasteiger partial charge on any atom is -0.495 e. The van der Waals surface area contributed by atoms with Gasteiger partial charge in [0.05, 0.1) is 17.7 Å². The van der Waals surface area contributed by atoms with Crippen molar-refractivity contribution in [3.63, 3.8) is 0 Å². The lowest BCUT2D eigenvalue weighted by atomic mass is 10.1. The Morgan fingerprint density at radius 1 is 1.18 bits per heavy atom. The van der Waals surface area contributed by atoms with Gasteiger partial charge in [0.15, 0.2) is 0 Å². The van der Waals surface area contributed by atoms with Gasteiger partial charge in [-0.2, -0.15) is 0 Å². The average Bonchev–Trinajstić information content (AvgIpc) is 2.59. The van der Waals surface area contributed by atoms with Crippen molar-refractivity contribution in [1.82, 2.24) is 5.32 Å². The highest BCUT2D eigenvalue weighted by molar-refractivity contribution is 7.92. The SMILES string of the molecule is COc1ccccc1NS(=O)(=O)c1ccc(C)c(C(=O)NCC(C)(C)N)c1.Cl. The molecule has 0 aliphatic carbocycles. The third kappa shape index (κ3) is 6.12. The second kappa shape index (κ2) is 9.27. The number of para-hydroxylation sites is 2. The van der Waals surface area contributed by atoms with Crippen LogP contribution >= 0.6 is 12.4 Å². The van der Waals surface area contributed by atoms with Crippen LogP contribution in [0.2, 0.25) is 0 Å². The molecule has 4 N–H and O–H groups in total. The minimum absolute atomic E-state index is 0. The van der Waals surface area contributed by atoms with Gasteiger partial charge in [-0.25, -0.2) is 8.42 Å². The van der Waals surface area contributed by atoms with E-state index < -0.39 is 15.6 Å². The molecular weight excluding hydrogens is 402 g/mol. The topological polar surface area (TPSA) is 111 Å². The molecule has 0 aliphatic heterocycles. The predicted octanol–water partition coefficient (Wildman–Crippen LogP) is 2.69. The van der Waals surface area contributed by atoms with Crippen LogP contribution < -0.4 is 20.5 Å². The number of benzene rings is 2. The number of rotatable bonds is 7. The molecule has 0 atom stereocenters. The summed E-state index contributed by atoms with van der Waals surface area (Å²) in [7, 11) is -2.44. The minimum atomic E-state index is -3.90. The summed E-state index contributed by atoms with van der Waals surface area (Å²) in [6.07, 6.45) is 0. The van der Waals surface area contributed by atoms with Gasteiger partial charge in [-0.05, 0) is 50.6 Å². The van der Waals surface area contributed by atoms with Crippen molar-refractivity contribution < 1.29 is 17.9 Å². The molecule has 0 unspecified atom stereocenters. The molecule has 7 nitrogen and oxygen atoms in total. The van der Waals surface area contributed by atoms with Crippen molar-refractivity contribution in [2.75, 3.05) is 18.4 Å². The number of nitrogens with two attached hydrogens (primary N) is 1. The van der Waals surface area contributed by atoms with E-state index in [0.29, 0.717) is 17.0 Å². The van der Waals surface area contributed by atoms with Gasteiger partial charge >= 0.3 is 0 Å². The number of aryl methyl sites for hydroxylation is 1. The fraction of sp³-hybridized carbons (Fsp3) is 0.316. The summed E-state index contributed by atoms with van der Waals surface area (Å²) in [4.78, 5) is 12.4. The van der Waals surface area contributed by atoms with Gasteiger partial charge in [-0.1, -0.05) is 18.2 Å². The number of nitrogens with one attached hydrogen (secondary N) is 2. The lowest BCUT2D eigenvalue weighted by Gasteiger charge is -2.19. The van der Waals surface area contributed by atoms with Crippen LogP contribution in [0.4, 0.5) is 5.69 Å². The van der Waals surface area contributed by atoms with E-state index in [9.17, 15) is 13.2 Å². The number of hydrogen-bond acceptors (Lipinski definition) is 5. The molecule has 9 heteroatoms. The maximum absolute atomic E-state index is 12.8. The van der Waals surface area contributed by atoms with Gasteiger partial charge in [0.25, 0.3) is 15.9 Å². The third-order valence-electron chi connectivity index (χ3n) is 3.82. The first-order valence-corrected chi connectivity index (χ1v) is 9.85. The summed E-state index contributed by atoms with van der Waals surface area (Å²) in [6.45, 7) is 5.59. The molecule has 0 spiro atoms. The predicted molar refractivity (Wildman–Crippen MR) is 113 cm³/mol. The quantitative estimate of drug-likeness (QED) is 0.629. The summed E-state index contributed by atoms with van der Waals surface area (Å²) in [5.41, 5.74) is 6.57. The molecule has 2 aromatic carbocycles. The molecule has 0 saturated heterocycles. The first-order chi connectivity index (χ1) is 12.5. The highest BCUT2D eigenvalue weighted by atomic mass is 35.5. The van der Waals surface area contributed by atoms with Crippen LogP contribution in [0.1, 0.15) is 29.8 Å². The monoisotopic (exact) mass is 427 g/mol. The summed E-state index contributed by atoms with van der Waals surface area (Å²) in [6, 6.07) is 11.1. The zero-order chi connectivity index (χ0) is 20.2. The summed E-state index contributed by atoms with van der Waals surface area (Å²) < 4.78 is 33.2. The van der Waals surface area contributed by atoms with E-state index in [1.807, 2.05) is 0 Å². The summed E-state index contributed by atoms with van der Waals surface area (Å²) >= 11 is 0. The largest absolute Gasteiger partial charge is 0.495 e. The fourth-order valence-corrected chi connectivity index (χ4v) is 3.45. The molecule has 1 amide bonds. The molecule has 0 aliphatic rings. The number of sulfonamides is 1. The molecule has 28 heavy (non-hydrogen) atoms. The lowest BCUT2D eigenvalue weighted by Crippen LogP contribution is -2.45. The maximum atomic E-state index is 12.8. The van der Waals surface area contributed by atoms with Crippen LogP contribution in [0, 0.1) is 6.92 Å². The van der Waals surface area contributed by atoms with Crippen molar-refractivity contribution in [2.24, 2.45) is 5.73 Å². The van der Waals surface area contributed by atoms with E-state index >= 15 is 0 Å². The maximum Gasteiger partial charge on any atom is 0.262 e. The van der Waals surface area contributed by atoms with Crippen LogP contribution in [0.5, 0.6) is 5.75 Å². The van der Waals surface area contributed by atoms with Gasteiger partial charge in [0.1, 0.15) is 5.75 Å². The van der Waals surface area contributed by atoms with Crippen molar-refractivity contribution >= 4 is 34.0 Å². The number of ether oxygens (including phenoxy) is 1. The standard InChI is InChI=1S/C19H25N3O4S.ClH/c1-13-9-10-14(11-15(13)18(23)21-12-19(2,3)20)27(24,25)22-16-7-5-6-8-17(16)26-4;/h5-11,22H,12,20H2,1-4H3,(H,21,23);1H. The molecule has 154 valence electrons. The zero-order valence-electron chi connectivity index (χ0n) is 16.3. The number of methoxy groups -OCH3 is 1. The van der Waals surface area contributed by atoms with Crippen molar-refractivity contribution in [3.8, 4) is 5.75 Å². The second-order valence-corrected chi connectivity index (χ2v) is 8.64. The van der Waals surface area contributed by atoms with Gasteiger partial charge in [-0.15, -0.1) is 12.4 Å². The highest BCUT2D eigenvalue weighted by Gasteiger charge is 2.20. The molecule has 0 aromatic heterocycles. The smallest absolute Gasteiger partial charge is 0.262 e. The number of anilines is 1. The van der Waals surface area contributed by atoms with E-state index in [4.69, 9.17) is 10.5 Å². The average molecular weight is 428 g/mol. The number of carbonyl (C=O) groups is 1. The van der Waals surface area contributed by atoms with E-state index in [-0.39, 0.29) is 35.3 Å². The Balaban J connectivity index is 0.00000392. The highest BCUT2D eigenvalue weighted by Crippen LogP contribution is 2.26. The fourth-order valence-electron chi connectivity index (χ4n) is 2.35. The second-order valence-electron chi connectivity index (χ2n) is 6.95. The Morgan fingerprint density at radius 3 is 2.43 bits per heavy atom. The molecule has 0 bridgehead atoms. The lowest BCUT2D eigenvalue weighted by molar-refractivity contribution is 0.0945. The van der Waals surface area contributed by atoms with Crippen LogP contribution in [-0.2, 0) is 10.0 Å². The van der Waals surface area contributed by atoms with Crippen molar-refractivity contribution in [1.29, 1.82) is 0 Å². The van der Waals surface area contributed by atoms with E-state index in [1.165, 1.54) is 19.2 Å². The summed E-state index contributed by atoms with van der Waals surface area (Å²) in [5.74, 6) is 0.0247. The molecule has 0 heterocycles. The molecule has 0 fully saturated rings. The number of hydrogen-bond donors (Lipinski definition) is 3. The first-order valence-electron chi connectivity index (χ1n) is 8.37. The van der Waals surface area contributed by atoms with Crippen molar-refractivity contribution in [2.45, 2.75) is 31.2 Å². The van der Waals surface area contributed by atoms with E-state index in [2.05, 4.69) is 10.0 Å². The van der Waals surface area contributed by atoms with Gasteiger partial charge in [0.2, 0.25) is 0 Å².